The molecule has 1 aromatic carbocycles. The van der Waals surface area contributed by atoms with E-state index in [9.17, 15) is 4.79 Å². The number of para-hydroxylation sites is 1. The van der Waals surface area contributed by atoms with E-state index in [2.05, 4.69) is 24.5 Å². The molecule has 0 radical (unpaired) electrons. The summed E-state index contributed by atoms with van der Waals surface area (Å²) in [5, 5.41) is 6.36. The second-order valence-corrected chi connectivity index (χ2v) is 4.82. The van der Waals surface area contributed by atoms with Gasteiger partial charge in [0, 0.05) is 17.3 Å². The van der Waals surface area contributed by atoms with Crippen LogP contribution in [0.1, 0.15) is 43.9 Å². The predicted molar refractivity (Wildman–Crippen MR) is 70.1 cm³/mol. The van der Waals surface area contributed by atoms with E-state index in [-0.39, 0.29) is 11.9 Å². The van der Waals surface area contributed by atoms with Crippen molar-refractivity contribution in [2.75, 3.05) is 5.32 Å². The number of nitrogens with one attached hydrogen (secondary N) is 2. The molecular formula is C14H20N2O. The van der Waals surface area contributed by atoms with Gasteiger partial charge in [-0.25, -0.2) is 0 Å². The van der Waals surface area contributed by atoms with Crippen molar-refractivity contribution in [2.45, 2.75) is 45.7 Å². The Morgan fingerprint density at radius 2 is 2.24 bits per heavy atom. The van der Waals surface area contributed by atoms with Gasteiger partial charge in [-0.2, -0.15) is 0 Å². The van der Waals surface area contributed by atoms with Crippen LogP contribution in [-0.4, -0.2) is 11.9 Å². The predicted octanol–water partition coefficient (Wildman–Crippen LogP) is 2.77. The Balaban J connectivity index is 2.20. The average molecular weight is 232 g/mol. The third-order valence-corrected chi connectivity index (χ3v) is 3.30. The van der Waals surface area contributed by atoms with E-state index in [4.69, 9.17) is 0 Å². The smallest absolute Gasteiger partial charge is 0.246 e. The second-order valence-electron chi connectivity index (χ2n) is 4.82. The highest BCUT2D eigenvalue weighted by Gasteiger charge is 2.31. The van der Waals surface area contributed by atoms with Crippen molar-refractivity contribution < 1.29 is 4.79 Å². The Kier molecular flexibility index (Phi) is 3.48. The van der Waals surface area contributed by atoms with Crippen LogP contribution in [0.25, 0.3) is 0 Å². The van der Waals surface area contributed by atoms with Crippen LogP contribution in [0.2, 0.25) is 0 Å². The fourth-order valence-corrected chi connectivity index (χ4v) is 2.40. The molecule has 1 amide bonds. The van der Waals surface area contributed by atoms with Crippen LogP contribution in [0.5, 0.6) is 0 Å². The molecule has 2 N–H and O–H groups in total. The van der Waals surface area contributed by atoms with Gasteiger partial charge in [0.1, 0.15) is 6.04 Å². The van der Waals surface area contributed by atoms with Gasteiger partial charge in [0.2, 0.25) is 5.91 Å². The summed E-state index contributed by atoms with van der Waals surface area (Å²) in [5.41, 5.74) is 3.19. The molecule has 2 rings (SSSR count). The third kappa shape index (κ3) is 2.34. The van der Waals surface area contributed by atoms with Gasteiger partial charge in [-0.15, -0.1) is 0 Å². The first kappa shape index (κ1) is 12.1. The van der Waals surface area contributed by atoms with E-state index in [0.29, 0.717) is 6.04 Å². The fraction of sp³-hybridized carbons (Fsp3) is 0.500. The molecule has 1 aliphatic heterocycles. The maximum Gasteiger partial charge on any atom is 0.246 e. The zero-order valence-electron chi connectivity index (χ0n) is 10.7. The molecule has 0 spiro atoms. The van der Waals surface area contributed by atoms with Crippen LogP contribution in [0.4, 0.5) is 5.69 Å². The van der Waals surface area contributed by atoms with Gasteiger partial charge in [0.05, 0.1) is 0 Å². The van der Waals surface area contributed by atoms with Crippen LogP contribution >= 0.6 is 0 Å². The van der Waals surface area contributed by atoms with E-state index in [1.165, 1.54) is 0 Å². The molecular weight excluding hydrogens is 212 g/mol. The van der Waals surface area contributed by atoms with Crippen LogP contribution in [0.3, 0.4) is 0 Å². The Hall–Kier alpha value is -1.35. The minimum absolute atomic E-state index is 0.0669. The molecule has 3 nitrogen and oxygen atoms in total. The van der Waals surface area contributed by atoms with Gasteiger partial charge in [-0.05, 0) is 25.8 Å². The van der Waals surface area contributed by atoms with E-state index in [1.807, 2.05) is 25.1 Å². The molecule has 0 aromatic heterocycles. The average Bonchev–Trinajstić information content (AvgIpc) is 2.58. The lowest BCUT2D eigenvalue weighted by Crippen LogP contribution is -2.34. The van der Waals surface area contributed by atoms with Crippen LogP contribution in [0, 0.1) is 6.92 Å². The number of anilines is 1. The number of carbonyl (C=O) groups excluding carboxylic acids is 1. The summed E-state index contributed by atoms with van der Waals surface area (Å²) in [7, 11) is 0. The van der Waals surface area contributed by atoms with E-state index >= 15 is 0 Å². The van der Waals surface area contributed by atoms with Crippen molar-refractivity contribution >= 4 is 11.6 Å². The zero-order chi connectivity index (χ0) is 12.4. The summed E-state index contributed by atoms with van der Waals surface area (Å²) in [6.07, 6.45) is 2.22. The van der Waals surface area contributed by atoms with Crippen LogP contribution in [0.15, 0.2) is 18.2 Å². The number of hydrogen-bond donors (Lipinski definition) is 2. The molecule has 0 fully saturated rings. The largest absolute Gasteiger partial charge is 0.324 e. The van der Waals surface area contributed by atoms with Crippen molar-refractivity contribution in [1.82, 2.24) is 5.32 Å². The molecule has 17 heavy (non-hydrogen) atoms. The standard InChI is InChI=1S/C14H20N2O/c1-4-6-10(3)15-13-11-8-5-7-9(2)12(11)16-14(13)17/h5,7-8,10,13,15H,4,6H2,1-3H3,(H,16,17). The van der Waals surface area contributed by atoms with Gasteiger partial charge in [0.15, 0.2) is 0 Å². The normalized spacial score (nSPS) is 19.9. The first-order valence-corrected chi connectivity index (χ1v) is 6.30. The molecule has 0 bridgehead atoms. The lowest BCUT2D eigenvalue weighted by Gasteiger charge is -2.17. The fourth-order valence-electron chi connectivity index (χ4n) is 2.40. The van der Waals surface area contributed by atoms with Gasteiger partial charge in [0.25, 0.3) is 0 Å². The second kappa shape index (κ2) is 4.88. The summed E-state index contributed by atoms with van der Waals surface area (Å²) in [5.74, 6) is 0.0669. The van der Waals surface area contributed by atoms with Crippen molar-refractivity contribution in [3.05, 3.63) is 29.3 Å². The quantitative estimate of drug-likeness (QED) is 0.838. The van der Waals surface area contributed by atoms with E-state index in [1.54, 1.807) is 0 Å². The number of hydrogen-bond acceptors (Lipinski definition) is 2. The number of carbonyl (C=O) groups is 1. The molecule has 2 atom stereocenters. The summed E-state index contributed by atoms with van der Waals surface area (Å²) < 4.78 is 0. The topological polar surface area (TPSA) is 41.1 Å². The number of rotatable bonds is 4. The summed E-state index contributed by atoms with van der Waals surface area (Å²) in [6.45, 7) is 6.31. The lowest BCUT2D eigenvalue weighted by molar-refractivity contribution is -0.117. The Labute approximate surface area is 103 Å². The molecule has 1 heterocycles. The van der Waals surface area contributed by atoms with Crippen molar-refractivity contribution in [3.63, 3.8) is 0 Å². The van der Waals surface area contributed by atoms with Crippen molar-refractivity contribution in [3.8, 4) is 0 Å². The minimum atomic E-state index is -0.188. The monoisotopic (exact) mass is 232 g/mol. The molecule has 0 saturated heterocycles. The summed E-state index contributed by atoms with van der Waals surface area (Å²) in [4.78, 5) is 11.9. The Morgan fingerprint density at radius 1 is 1.47 bits per heavy atom. The maximum atomic E-state index is 11.9. The van der Waals surface area contributed by atoms with E-state index < -0.39 is 0 Å². The Morgan fingerprint density at radius 3 is 2.94 bits per heavy atom. The minimum Gasteiger partial charge on any atom is -0.324 e. The number of aryl methyl sites for hydroxylation is 1. The number of amides is 1. The number of benzene rings is 1. The Bertz CT molecular complexity index is 428. The highest BCUT2D eigenvalue weighted by Crippen LogP contribution is 2.33. The van der Waals surface area contributed by atoms with Gasteiger partial charge in [-0.1, -0.05) is 31.5 Å². The third-order valence-electron chi connectivity index (χ3n) is 3.30. The molecule has 0 aliphatic carbocycles. The van der Waals surface area contributed by atoms with Crippen LogP contribution < -0.4 is 10.6 Å². The highest BCUT2D eigenvalue weighted by atomic mass is 16.2. The van der Waals surface area contributed by atoms with Gasteiger partial charge >= 0.3 is 0 Å². The zero-order valence-corrected chi connectivity index (χ0v) is 10.7. The lowest BCUT2D eigenvalue weighted by atomic mass is 10.0. The maximum absolute atomic E-state index is 11.9. The summed E-state index contributed by atoms with van der Waals surface area (Å²) in [6, 6.07) is 6.23. The van der Waals surface area contributed by atoms with Crippen molar-refractivity contribution in [1.29, 1.82) is 0 Å². The molecule has 0 saturated carbocycles. The molecule has 92 valence electrons. The highest BCUT2D eigenvalue weighted by molar-refractivity contribution is 6.03. The van der Waals surface area contributed by atoms with Gasteiger partial charge in [-0.3, -0.25) is 10.1 Å². The summed E-state index contributed by atoms with van der Waals surface area (Å²) >= 11 is 0. The van der Waals surface area contributed by atoms with Gasteiger partial charge < -0.3 is 5.32 Å². The molecule has 1 aliphatic rings. The SMILES string of the molecule is CCCC(C)NC1C(=O)Nc2c(C)cccc21. The number of fused-ring (bicyclic) bond motifs is 1. The van der Waals surface area contributed by atoms with E-state index in [0.717, 1.165) is 29.7 Å². The van der Waals surface area contributed by atoms with Crippen LogP contribution in [-0.2, 0) is 4.79 Å². The molecule has 3 heteroatoms. The first-order valence-electron chi connectivity index (χ1n) is 6.30. The molecule has 2 unspecified atom stereocenters. The van der Waals surface area contributed by atoms with Crippen molar-refractivity contribution in [2.24, 2.45) is 0 Å². The molecule has 1 aromatic rings. The first-order chi connectivity index (χ1) is 8.13.